The van der Waals surface area contributed by atoms with E-state index in [1.165, 1.54) is 16.2 Å². The first kappa shape index (κ1) is 20.8. The number of carbonyl (C=O) groups excluding carboxylic acids is 2. The van der Waals surface area contributed by atoms with Crippen molar-refractivity contribution in [1.29, 1.82) is 0 Å². The van der Waals surface area contributed by atoms with Gasteiger partial charge in [-0.1, -0.05) is 0 Å². The van der Waals surface area contributed by atoms with Gasteiger partial charge in [-0.05, 0) is 32.0 Å². The minimum absolute atomic E-state index is 0.310. The standard InChI is InChI=1S/C20H23N3O5S/c1-11-17(29-10-21-11)9-27-13-5-6-16-14(7-13)18(12(2)28-16)19(25)22-15(8-24)20(26)23(3)4/h5-7,10,15,24H,8-9H2,1-4H3,(H,22,25). The fourth-order valence-electron chi connectivity index (χ4n) is 2.91. The lowest BCUT2D eigenvalue weighted by molar-refractivity contribution is -0.131. The Morgan fingerprint density at radius 1 is 1.34 bits per heavy atom. The summed E-state index contributed by atoms with van der Waals surface area (Å²) in [7, 11) is 3.12. The number of hydrogen-bond donors (Lipinski definition) is 2. The van der Waals surface area contributed by atoms with Crippen LogP contribution < -0.4 is 10.1 Å². The number of nitrogens with zero attached hydrogens (tertiary/aromatic N) is 2. The normalized spacial score (nSPS) is 12.0. The second-order valence-corrected chi connectivity index (χ2v) is 7.72. The third-order valence-electron chi connectivity index (χ3n) is 4.50. The summed E-state index contributed by atoms with van der Waals surface area (Å²) in [5.74, 6) is 0.117. The van der Waals surface area contributed by atoms with E-state index in [0.29, 0.717) is 34.6 Å². The third kappa shape index (κ3) is 4.41. The largest absolute Gasteiger partial charge is 0.488 e. The highest BCUT2D eigenvalue weighted by Gasteiger charge is 2.25. The highest BCUT2D eigenvalue weighted by molar-refractivity contribution is 7.09. The summed E-state index contributed by atoms with van der Waals surface area (Å²) in [5, 5.41) is 12.6. The number of amides is 2. The number of aryl methyl sites for hydroxylation is 2. The molecule has 29 heavy (non-hydrogen) atoms. The first-order valence-electron chi connectivity index (χ1n) is 8.99. The highest BCUT2D eigenvalue weighted by Crippen LogP contribution is 2.30. The van der Waals surface area contributed by atoms with Gasteiger partial charge < -0.3 is 24.5 Å². The van der Waals surface area contributed by atoms with E-state index in [-0.39, 0.29) is 0 Å². The van der Waals surface area contributed by atoms with Crippen LogP contribution in [0.25, 0.3) is 11.0 Å². The molecule has 9 heteroatoms. The maximum absolute atomic E-state index is 12.8. The molecule has 0 fully saturated rings. The molecule has 3 rings (SSSR count). The number of carbonyl (C=O) groups is 2. The molecule has 0 aliphatic carbocycles. The topological polar surface area (TPSA) is 105 Å². The number of aliphatic hydroxyl groups excluding tert-OH is 1. The molecule has 2 aromatic heterocycles. The van der Waals surface area contributed by atoms with E-state index in [4.69, 9.17) is 9.15 Å². The number of thiazole rings is 1. The van der Waals surface area contributed by atoms with Gasteiger partial charge in [0.25, 0.3) is 5.91 Å². The lowest BCUT2D eigenvalue weighted by Crippen LogP contribution is -2.48. The minimum Gasteiger partial charge on any atom is -0.488 e. The zero-order chi connectivity index (χ0) is 21.1. The van der Waals surface area contributed by atoms with Gasteiger partial charge in [-0.25, -0.2) is 4.98 Å². The fourth-order valence-corrected chi connectivity index (χ4v) is 3.60. The van der Waals surface area contributed by atoms with Gasteiger partial charge in [0.05, 0.1) is 28.3 Å². The molecule has 1 aromatic carbocycles. The maximum Gasteiger partial charge on any atom is 0.256 e. The minimum atomic E-state index is -1.03. The van der Waals surface area contributed by atoms with Crippen molar-refractivity contribution < 1.29 is 23.8 Å². The lowest BCUT2D eigenvalue weighted by Gasteiger charge is -2.19. The number of benzene rings is 1. The van der Waals surface area contributed by atoms with Crippen LogP contribution >= 0.6 is 11.3 Å². The van der Waals surface area contributed by atoms with Crippen molar-refractivity contribution in [3.63, 3.8) is 0 Å². The van der Waals surface area contributed by atoms with E-state index in [1.807, 2.05) is 6.92 Å². The van der Waals surface area contributed by atoms with Gasteiger partial charge in [-0.3, -0.25) is 9.59 Å². The lowest BCUT2D eigenvalue weighted by atomic mass is 10.1. The van der Waals surface area contributed by atoms with E-state index >= 15 is 0 Å². The summed E-state index contributed by atoms with van der Waals surface area (Å²) in [6.45, 7) is 3.48. The van der Waals surface area contributed by atoms with Crippen molar-refractivity contribution in [2.75, 3.05) is 20.7 Å². The smallest absolute Gasteiger partial charge is 0.256 e. The molecule has 0 radical (unpaired) electrons. The summed E-state index contributed by atoms with van der Waals surface area (Å²) in [4.78, 5) is 31.5. The fraction of sp³-hybridized carbons (Fsp3) is 0.350. The van der Waals surface area contributed by atoms with Gasteiger partial charge in [0.1, 0.15) is 29.7 Å². The Balaban J connectivity index is 1.85. The number of furan rings is 1. The number of hydrogen-bond acceptors (Lipinski definition) is 7. The van der Waals surface area contributed by atoms with E-state index in [0.717, 1.165) is 10.6 Å². The van der Waals surface area contributed by atoms with Crippen LogP contribution in [0.2, 0.25) is 0 Å². The van der Waals surface area contributed by atoms with Crippen LogP contribution in [0.1, 0.15) is 26.7 Å². The maximum atomic E-state index is 12.8. The molecule has 1 unspecified atom stereocenters. The molecule has 2 N–H and O–H groups in total. The van der Waals surface area contributed by atoms with Crippen molar-refractivity contribution in [3.8, 4) is 5.75 Å². The predicted octanol–water partition coefficient (Wildman–Crippen LogP) is 2.26. The zero-order valence-electron chi connectivity index (χ0n) is 16.7. The molecular weight excluding hydrogens is 394 g/mol. The summed E-state index contributed by atoms with van der Waals surface area (Å²) in [6.07, 6.45) is 0. The number of ether oxygens (including phenoxy) is 1. The van der Waals surface area contributed by atoms with Crippen LogP contribution in [0.5, 0.6) is 5.75 Å². The van der Waals surface area contributed by atoms with Gasteiger partial charge in [-0.2, -0.15) is 0 Å². The van der Waals surface area contributed by atoms with Crippen LogP contribution in [0.15, 0.2) is 28.1 Å². The molecule has 0 aliphatic heterocycles. The van der Waals surface area contributed by atoms with E-state index in [9.17, 15) is 14.7 Å². The first-order valence-corrected chi connectivity index (χ1v) is 9.87. The second kappa shape index (κ2) is 8.62. The molecule has 2 heterocycles. The van der Waals surface area contributed by atoms with Crippen LogP contribution in [-0.4, -0.2) is 53.5 Å². The number of nitrogens with one attached hydrogen (secondary N) is 1. The summed E-state index contributed by atoms with van der Waals surface area (Å²) in [6, 6.07) is 4.21. The molecule has 2 amide bonds. The first-order chi connectivity index (χ1) is 13.8. The Morgan fingerprint density at radius 2 is 2.10 bits per heavy atom. The molecule has 154 valence electrons. The number of aliphatic hydroxyl groups is 1. The molecule has 8 nitrogen and oxygen atoms in total. The predicted molar refractivity (Wildman–Crippen MR) is 109 cm³/mol. The average molecular weight is 417 g/mol. The quantitative estimate of drug-likeness (QED) is 0.611. The Kier molecular flexibility index (Phi) is 6.19. The summed E-state index contributed by atoms with van der Waals surface area (Å²) in [5.41, 5.74) is 3.54. The molecule has 0 aliphatic rings. The zero-order valence-corrected chi connectivity index (χ0v) is 17.5. The van der Waals surface area contributed by atoms with Gasteiger partial charge in [-0.15, -0.1) is 11.3 Å². The Morgan fingerprint density at radius 3 is 2.72 bits per heavy atom. The van der Waals surface area contributed by atoms with Crippen LogP contribution in [0.3, 0.4) is 0 Å². The van der Waals surface area contributed by atoms with Crippen molar-refractivity contribution in [2.45, 2.75) is 26.5 Å². The molecule has 3 aromatic rings. The number of rotatable bonds is 7. The molecular formula is C20H23N3O5S. The van der Waals surface area contributed by atoms with E-state index < -0.39 is 24.5 Å². The Bertz CT molecular complexity index is 1040. The van der Waals surface area contributed by atoms with Crippen molar-refractivity contribution in [3.05, 3.63) is 45.6 Å². The molecule has 0 bridgehead atoms. The van der Waals surface area contributed by atoms with E-state index in [2.05, 4.69) is 10.3 Å². The van der Waals surface area contributed by atoms with Crippen molar-refractivity contribution in [1.82, 2.24) is 15.2 Å². The van der Waals surface area contributed by atoms with Crippen LogP contribution in [0, 0.1) is 13.8 Å². The molecule has 0 saturated carbocycles. The van der Waals surface area contributed by atoms with Crippen LogP contribution in [-0.2, 0) is 11.4 Å². The van der Waals surface area contributed by atoms with Crippen LogP contribution in [0.4, 0.5) is 0 Å². The van der Waals surface area contributed by atoms with Gasteiger partial charge in [0.2, 0.25) is 5.91 Å². The van der Waals surface area contributed by atoms with Gasteiger partial charge >= 0.3 is 0 Å². The van der Waals surface area contributed by atoms with Crippen molar-refractivity contribution in [2.24, 2.45) is 0 Å². The number of fused-ring (bicyclic) bond motifs is 1. The average Bonchev–Trinajstić information content (AvgIpc) is 3.24. The number of likely N-dealkylation sites (N-methyl/N-ethyl adjacent to an activating group) is 1. The molecule has 0 saturated heterocycles. The summed E-state index contributed by atoms with van der Waals surface area (Å²) < 4.78 is 11.5. The second-order valence-electron chi connectivity index (χ2n) is 6.78. The molecule has 0 spiro atoms. The van der Waals surface area contributed by atoms with Gasteiger partial charge in [0.15, 0.2) is 0 Å². The van der Waals surface area contributed by atoms with E-state index in [1.54, 1.807) is 44.7 Å². The molecule has 1 atom stereocenters. The van der Waals surface area contributed by atoms with Gasteiger partial charge in [0, 0.05) is 19.5 Å². The summed E-state index contributed by atoms with van der Waals surface area (Å²) >= 11 is 1.52. The SMILES string of the molecule is Cc1ncsc1COc1ccc2oc(C)c(C(=O)NC(CO)C(=O)N(C)C)c2c1. The number of aromatic nitrogens is 1. The third-order valence-corrected chi connectivity index (χ3v) is 5.41. The Hall–Kier alpha value is -2.91. The Labute approximate surface area is 172 Å². The monoisotopic (exact) mass is 417 g/mol. The highest BCUT2D eigenvalue weighted by atomic mass is 32.1. The van der Waals surface area contributed by atoms with Crippen molar-refractivity contribution >= 4 is 34.1 Å².